The number of thioether (sulfide) groups is 1. The average Bonchev–Trinajstić information content (AvgIpc) is 2.52. The van der Waals surface area contributed by atoms with Crippen LogP contribution in [-0.4, -0.2) is 65.4 Å². The Balaban J connectivity index is 1.60. The highest BCUT2D eigenvalue weighted by atomic mass is 32.2. The Labute approximate surface area is 131 Å². The van der Waals surface area contributed by atoms with Crippen molar-refractivity contribution in [3.8, 4) is 0 Å². The summed E-state index contributed by atoms with van der Waals surface area (Å²) in [5, 5.41) is 9.31. The number of rotatable bonds is 6. The number of hydrogen-bond acceptors (Lipinski definition) is 4. The second-order valence-electron chi connectivity index (χ2n) is 5.38. The minimum atomic E-state index is -0.877. The first-order chi connectivity index (χ1) is 10.2. The van der Waals surface area contributed by atoms with Crippen LogP contribution in [0.15, 0.2) is 30.3 Å². The van der Waals surface area contributed by atoms with Crippen molar-refractivity contribution in [3.63, 3.8) is 0 Å². The Morgan fingerprint density at radius 1 is 1.24 bits per heavy atom. The summed E-state index contributed by atoms with van der Waals surface area (Å²) >= 11 is 1.95. The third-order valence-corrected chi connectivity index (χ3v) is 4.71. The Morgan fingerprint density at radius 3 is 2.52 bits per heavy atom. The summed E-state index contributed by atoms with van der Waals surface area (Å²) < 4.78 is 0. The number of amides is 1. The van der Waals surface area contributed by atoms with Crippen LogP contribution in [0.5, 0.6) is 0 Å². The second-order valence-corrected chi connectivity index (χ2v) is 6.49. The van der Waals surface area contributed by atoms with Crippen LogP contribution >= 0.6 is 11.8 Å². The Kier molecular flexibility index (Phi) is 6.54. The van der Waals surface area contributed by atoms with Crippen LogP contribution < -0.4 is 0 Å². The zero-order valence-electron chi connectivity index (χ0n) is 12.6. The van der Waals surface area contributed by atoms with E-state index < -0.39 is 6.10 Å². The fourth-order valence-corrected chi connectivity index (χ4v) is 3.37. The lowest BCUT2D eigenvalue weighted by Crippen LogP contribution is -2.51. The van der Waals surface area contributed by atoms with Gasteiger partial charge in [0.25, 0.3) is 5.91 Å². The molecule has 1 heterocycles. The zero-order chi connectivity index (χ0) is 15.1. The lowest BCUT2D eigenvalue weighted by atomic mass is 10.2. The normalized spacial score (nSPS) is 17.7. The van der Waals surface area contributed by atoms with Gasteiger partial charge in [0.15, 0.2) is 0 Å². The molecule has 1 saturated heterocycles. The minimum Gasteiger partial charge on any atom is -0.384 e. The van der Waals surface area contributed by atoms with E-state index >= 15 is 0 Å². The van der Waals surface area contributed by atoms with E-state index in [1.807, 2.05) is 17.8 Å². The van der Waals surface area contributed by atoms with Crippen LogP contribution in [0.2, 0.25) is 0 Å². The van der Waals surface area contributed by atoms with E-state index in [0.717, 1.165) is 44.2 Å². The predicted molar refractivity (Wildman–Crippen MR) is 87.3 cm³/mol. The second kappa shape index (κ2) is 8.41. The molecule has 1 aliphatic heterocycles. The number of hydrogen-bond donors (Lipinski definition) is 1. The molecule has 1 aromatic rings. The fourth-order valence-electron chi connectivity index (χ4n) is 2.41. The Bertz CT molecular complexity index is 431. The van der Waals surface area contributed by atoms with Gasteiger partial charge in [-0.25, -0.2) is 0 Å². The molecular formula is C16H24N2O2S. The molecule has 1 aliphatic rings. The molecule has 4 nitrogen and oxygen atoms in total. The summed E-state index contributed by atoms with van der Waals surface area (Å²) in [4.78, 5) is 15.8. The summed E-state index contributed by atoms with van der Waals surface area (Å²) in [7, 11) is 0. The van der Waals surface area contributed by atoms with E-state index in [1.165, 1.54) is 12.5 Å². The highest BCUT2D eigenvalue weighted by molar-refractivity contribution is 7.98. The fraction of sp³-hybridized carbons (Fsp3) is 0.562. The number of carbonyl (C=O) groups excluding carboxylic acids is 1. The van der Waals surface area contributed by atoms with Crippen LogP contribution in [0, 0.1) is 0 Å². The first kappa shape index (κ1) is 16.3. The molecule has 0 aliphatic carbocycles. The lowest BCUT2D eigenvalue weighted by Gasteiger charge is -2.35. The van der Waals surface area contributed by atoms with Gasteiger partial charge in [0.05, 0.1) is 0 Å². The molecule has 0 radical (unpaired) electrons. The summed E-state index contributed by atoms with van der Waals surface area (Å²) in [5.41, 5.74) is 1.37. The van der Waals surface area contributed by atoms with E-state index in [4.69, 9.17) is 0 Å². The molecule has 1 N–H and O–H groups in total. The highest BCUT2D eigenvalue weighted by Gasteiger charge is 2.23. The molecule has 116 valence electrons. The first-order valence-electron chi connectivity index (χ1n) is 7.47. The number of carbonyl (C=O) groups is 1. The molecule has 1 atom stereocenters. The van der Waals surface area contributed by atoms with Gasteiger partial charge in [-0.05, 0) is 12.5 Å². The van der Waals surface area contributed by atoms with Gasteiger partial charge in [-0.3, -0.25) is 9.69 Å². The molecule has 0 spiro atoms. The summed E-state index contributed by atoms with van der Waals surface area (Å²) in [6, 6.07) is 10.5. The van der Waals surface area contributed by atoms with Crippen molar-refractivity contribution >= 4 is 17.7 Å². The van der Waals surface area contributed by atoms with Crippen molar-refractivity contribution in [3.05, 3.63) is 35.9 Å². The Morgan fingerprint density at radius 2 is 1.90 bits per heavy atom. The maximum atomic E-state index is 11.7. The maximum Gasteiger partial charge on any atom is 0.251 e. The van der Waals surface area contributed by atoms with Gasteiger partial charge in [0.1, 0.15) is 6.10 Å². The number of nitrogens with zero attached hydrogens (tertiary/aromatic N) is 2. The third kappa shape index (κ3) is 5.34. The summed E-state index contributed by atoms with van der Waals surface area (Å²) in [6.45, 7) is 5.87. The summed E-state index contributed by atoms with van der Waals surface area (Å²) in [6.07, 6.45) is -0.877. The number of benzene rings is 1. The largest absolute Gasteiger partial charge is 0.384 e. The van der Waals surface area contributed by atoms with E-state index in [0.29, 0.717) is 0 Å². The molecule has 0 bridgehead atoms. The molecule has 0 aromatic heterocycles. The quantitative estimate of drug-likeness (QED) is 0.808. The lowest BCUT2D eigenvalue weighted by molar-refractivity contribution is -0.141. The van der Waals surface area contributed by atoms with Crippen LogP contribution in [0.25, 0.3) is 0 Å². The van der Waals surface area contributed by atoms with Gasteiger partial charge in [0, 0.05) is 44.2 Å². The number of aliphatic hydroxyl groups excluding tert-OH is 1. The van der Waals surface area contributed by atoms with Crippen LogP contribution in [0.1, 0.15) is 12.5 Å². The molecule has 1 unspecified atom stereocenters. The van der Waals surface area contributed by atoms with Crippen molar-refractivity contribution in [2.45, 2.75) is 18.8 Å². The highest BCUT2D eigenvalue weighted by Crippen LogP contribution is 2.12. The third-order valence-electron chi connectivity index (χ3n) is 3.70. The van der Waals surface area contributed by atoms with Crippen molar-refractivity contribution in [1.29, 1.82) is 0 Å². The van der Waals surface area contributed by atoms with Crippen LogP contribution in [0.3, 0.4) is 0 Å². The SMILES string of the molecule is CC(O)C(=O)N1CCN(CCSCc2ccccc2)CC1. The molecule has 2 rings (SSSR count). The first-order valence-corrected chi connectivity index (χ1v) is 8.63. The molecule has 5 heteroatoms. The summed E-state index contributed by atoms with van der Waals surface area (Å²) in [5.74, 6) is 2.02. The Hall–Kier alpha value is -1.04. The molecule has 0 saturated carbocycles. The van der Waals surface area contributed by atoms with E-state index in [1.54, 1.807) is 4.90 Å². The van der Waals surface area contributed by atoms with Crippen LogP contribution in [0.4, 0.5) is 0 Å². The van der Waals surface area contributed by atoms with E-state index in [2.05, 4.69) is 29.2 Å². The topological polar surface area (TPSA) is 43.8 Å². The number of piperazine rings is 1. The monoisotopic (exact) mass is 308 g/mol. The smallest absolute Gasteiger partial charge is 0.251 e. The van der Waals surface area contributed by atoms with Gasteiger partial charge >= 0.3 is 0 Å². The van der Waals surface area contributed by atoms with Crippen LogP contribution in [-0.2, 0) is 10.5 Å². The molecular weight excluding hydrogens is 284 g/mol. The standard InChI is InChI=1S/C16H24N2O2S/c1-14(19)16(20)18-9-7-17(8-10-18)11-12-21-13-15-5-3-2-4-6-15/h2-6,14,19H,7-13H2,1H3. The zero-order valence-corrected chi connectivity index (χ0v) is 13.4. The molecule has 1 fully saturated rings. The van der Waals surface area contributed by atoms with E-state index in [9.17, 15) is 9.90 Å². The van der Waals surface area contributed by atoms with Gasteiger partial charge in [0.2, 0.25) is 0 Å². The van der Waals surface area contributed by atoms with Gasteiger partial charge in [-0.1, -0.05) is 30.3 Å². The van der Waals surface area contributed by atoms with Crippen molar-refractivity contribution in [1.82, 2.24) is 9.80 Å². The van der Waals surface area contributed by atoms with Gasteiger partial charge in [-0.2, -0.15) is 11.8 Å². The van der Waals surface area contributed by atoms with Crippen molar-refractivity contribution < 1.29 is 9.90 Å². The maximum absolute atomic E-state index is 11.7. The predicted octanol–water partition coefficient (Wildman–Crippen LogP) is 1.44. The number of aliphatic hydroxyl groups is 1. The molecule has 1 amide bonds. The average molecular weight is 308 g/mol. The van der Waals surface area contributed by atoms with E-state index in [-0.39, 0.29) is 5.91 Å². The minimum absolute atomic E-state index is 0.145. The van der Waals surface area contributed by atoms with Gasteiger partial charge < -0.3 is 10.0 Å². The van der Waals surface area contributed by atoms with Gasteiger partial charge in [-0.15, -0.1) is 0 Å². The molecule has 21 heavy (non-hydrogen) atoms. The van der Waals surface area contributed by atoms with Crippen molar-refractivity contribution in [2.75, 3.05) is 38.5 Å². The molecule has 1 aromatic carbocycles. The van der Waals surface area contributed by atoms with Crippen molar-refractivity contribution in [2.24, 2.45) is 0 Å².